The van der Waals surface area contributed by atoms with E-state index in [9.17, 15) is 0 Å². The number of para-hydroxylation sites is 1. The highest BCUT2D eigenvalue weighted by Gasteiger charge is 2.05. The Labute approximate surface area is 95.0 Å². The second-order valence-corrected chi connectivity index (χ2v) is 3.77. The van der Waals surface area contributed by atoms with E-state index in [2.05, 4.69) is 6.92 Å². The summed E-state index contributed by atoms with van der Waals surface area (Å²) in [6, 6.07) is 5.34. The van der Waals surface area contributed by atoms with Crippen molar-refractivity contribution < 1.29 is 4.74 Å². The molecule has 0 atom stereocenters. The second-order valence-electron chi connectivity index (χ2n) is 2.96. The van der Waals surface area contributed by atoms with Gasteiger partial charge in [0.05, 0.1) is 16.7 Å². The first-order valence-electron chi connectivity index (χ1n) is 4.61. The van der Waals surface area contributed by atoms with Crippen LogP contribution in [0.25, 0.3) is 0 Å². The SMILES string of the molecule is [CH2]CCCCOc1c(Cl)cccc1Cl. The lowest BCUT2D eigenvalue weighted by molar-refractivity contribution is 0.307. The van der Waals surface area contributed by atoms with E-state index in [1.807, 2.05) is 0 Å². The average Bonchev–Trinajstić information content (AvgIpc) is 2.16. The van der Waals surface area contributed by atoms with Crippen molar-refractivity contribution >= 4 is 23.2 Å². The van der Waals surface area contributed by atoms with E-state index in [-0.39, 0.29) is 0 Å². The Balaban J connectivity index is 2.49. The van der Waals surface area contributed by atoms with Crippen LogP contribution in [0, 0.1) is 6.92 Å². The van der Waals surface area contributed by atoms with E-state index < -0.39 is 0 Å². The third-order valence-electron chi connectivity index (χ3n) is 1.81. The highest BCUT2D eigenvalue weighted by molar-refractivity contribution is 6.37. The third kappa shape index (κ3) is 3.39. The summed E-state index contributed by atoms with van der Waals surface area (Å²) in [6.07, 6.45) is 2.97. The molecule has 1 radical (unpaired) electrons. The smallest absolute Gasteiger partial charge is 0.156 e. The van der Waals surface area contributed by atoms with E-state index in [4.69, 9.17) is 27.9 Å². The molecule has 1 aromatic rings. The Morgan fingerprint density at radius 2 is 1.79 bits per heavy atom. The molecule has 0 unspecified atom stereocenters. The zero-order valence-electron chi connectivity index (χ0n) is 7.93. The minimum atomic E-state index is 0.562. The first-order valence-corrected chi connectivity index (χ1v) is 5.37. The van der Waals surface area contributed by atoms with Crippen molar-refractivity contribution in [1.82, 2.24) is 0 Å². The standard InChI is InChI=1S/C11H13Cl2O/c1-2-3-4-8-14-11-9(12)6-5-7-10(11)13/h5-7H,1-4,8H2. The molecule has 0 N–H and O–H groups in total. The van der Waals surface area contributed by atoms with Crippen LogP contribution < -0.4 is 4.74 Å². The monoisotopic (exact) mass is 231 g/mol. The van der Waals surface area contributed by atoms with Crippen LogP contribution in [0.3, 0.4) is 0 Å². The lowest BCUT2D eigenvalue weighted by Crippen LogP contribution is -1.98. The van der Waals surface area contributed by atoms with Crippen LogP contribution in [0.5, 0.6) is 5.75 Å². The number of hydrogen-bond acceptors (Lipinski definition) is 1. The maximum Gasteiger partial charge on any atom is 0.156 e. The summed E-state index contributed by atoms with van der Waals surface area (Å²) >= 11 is 11.8. The summed E-state index contributed by atoms with van der Waals surface area (Å²) in [7, 11) is 0. The molecule has 0 spiro atoms. The van der Waals surface area contributed by atoms with Crippen LogP contribution in [0.4, 0.5) is 0 Å². The maximum absolute atomic E-state index is 5.92. The zero-order valence-corrected chi connectivity index (χ0v) is 9.44. The molecule has 0 aliphatic carbocycles. The van der Waals surface area contributed by atoms with Crippen molar-refractivity contribution in [3.05, 3.63) is 35.2 Å². The number of unbranched alkanes of at least 4 members (excludes halogenated alkanes) is 2. The number of halogens is 2. The lowest BCUT2D eigenvalue weighted by atomic mass is 10.3. The molecular weight excluding hydrogens is 219 g/mol. The van der Waals surface area contributed by atoms with Gasteiger partial charge in [0, 0.05) is 0 Å². The minimum absolute atomic E-state index is 0.562. The molecule has 1 aromatic carbocycles. The summed E-state index contributed by atoms with van der Waals surface area (Å²) < 4.78 is 5.48. The van der Waals surface area contributed by atoms with Gasteiger partial charge in [-0.3, -0.25) is 0 Å². The normalized spacial score (nSPS) is 10.2. The molecule has 0 amide bonds. The Kier molecular flexibility index (Phi) is 5.13. The summed E-state index contributed by atoms with van der Waals surface area (Å²) in [6.45, 7) is 4.40. The predicted molar refractivity (Wildman–Crippen MR) is 61.2 cm³/mol. The summed E-state index contributed by atoms with van der Waals surface area (Å²) in [4.78, 5) is 0. The first-order chi connectivity index (χ1) is 6.75. The highest BCUT2D eigenvalue weighted by Crippen LogP contribution is 2.32. The average molecular weight is 232 g/mol. The molecule has 0 saturated carbocycles. The van der Waals surface area contributed by atoms with Crippen molar-refractivity contribution in [3.63, 3.8) is 0 Å². The van der Waals surface area contributed by atoms with Crippen molar-refractivity contribution in [3.8, 4) is 5.75 Å². The van der Waals surface area contributed by atoms with Gasteiger partial charge in [0.15, 0.2) is 5.75 Å². The van der Waals surface area contributed by atoms with Crippen molar-refractivity contribution in [2.45, 2.75) is 19.3 Å². The Hall–Kier alpha value is -0.400. The van der Waals surface area contributed by atoms with Gasteiger partial charge < -0.3 is 4.74 Å². The molecule has 1 rings (SSSR count). The Morgan fingerprint density at radius 3 is 2.36 bits per heavy atom. The Bertz CT molecular complexity index is 266. The third-order valence-corrected chi connectivity index (χ3v) is 2.40. The van der Waals surface area contributed by atoms with Crippen molar-refractivity contribution in [1.29, 1.82) is 0 Å². The highest BCUT2D eigenvalue weighted by atomic mass is 35.5. The van der Waals surface area contributed by atoms with Gasteiger partial charge in [-0.2, -0.15) is 0 Å². The van der Waals surface area contributed by atoms with E-state index in [1.54, 1.807) is 18.2 Å². The molecule has 77 valence electrons. The summed E-state index contributed by atoms with van der Waals surface area (Å²) in [5.41, 5.74) is 0. The minimum Gasteiger partial charge on any atom is -0.490 e. The molecule has 0 saturated heterocycles. The lowest BCUT2D eigenvalue weighted by Gasteiger charge is -2.08. The molecule has 0 fully saturated rings. The van der Waals surface area contributed by atoms with Gasteiger partial charge in [-0.1, -0.05) is 49.0 Å². The fourth-order valence-corrected chi connectivity index (χ4v) is 1.58. The van der Waals surface area contributed by atoms with Gasteiger partial charge in [-0.25, -0.2) is 0 Å². The topological polar surface area (TPSA) is 9.23 Å². The molecule has 14 heavy (non-hydrogen) atoms. The van der Waals surface area contributed by atoms with Crippen molar-refractivity contribution in [2.24, 2.45) is 0 Å². The van der Waals surface area contributed by atoms with Crippen LogP contribution >= 0.6 is 23.2 Å². The first kappa shape index (κ1) is 11.7. The predicted octanol–water partition coefficient (Wildman–Crippen LogP) is 4.38. The van der Waals surface area contributed by atoms with E-state index >= 15 is 0 Å². The molecule has 0 aromatic heterocycles. The van der Waals surface area contributed by atoms with Gasteiger partial charge in [0.25, 0.3) is 0 Å². The number of benzene rings is 1. The van der Waals surface area contributed by atoms with Crippen LogP contribution in [-0.2, 0) is 0 Å². The maximum atomic E-state index is 5.92. The fourth-order valence-electron chi connectivity index (χ4n) is 1.07. The van der Waals surface area contributed by atoms with Gasteiger partial charge in [0.2, 0.25) is 0 Å². The molecular formula is C11H13Cl2O. The second kappa shape index (κ2) is 6.15. The van der Waals surface area contributed by atoms with Crippen LogP contribution in [0.2, 0.25) is 10.0 Å². The van der Waals surface area contributed by atoms with Gasteiger partial charge in [-0.05, 0) is 18.6 Å². The Morgan fingerprint density at radius 1 is 1.14 bits per heavy atom. The summed E-state index contributed by atoms with van der Waals surface area (Å²) in [5, 5.41) is 1.12. The number of ether oxygens (including phenoxy) is 1. The summed E-state index contributed by atoms with van der Waals surface area (Å²) in [5.74, 6) is 0.583. The van der Waals surface area contributed by atoms with Gasteiger partial charge in [-0.15, -0.1) is 0 Å². The van der Waals surface area contributed by atoms with E-state index in [0.29, 0.717) is 22.4 Å². The largest absolute Gasteiger partial charge is 0.490 e. The molecule has 0 aliphatic heterocycles. The molecule has 0 heterocycles. The van der Waals surface area contributed by atoms with Gasteiger partial charge in [0.1, 0.15) is 0 Å². The molecule has 0 bridgehead atoms. The quantitative estimate of drug-likeness (QED) is 0.684. The van der Waals surface area contributed by atoms with Gasteiger partial charge >= 0.3 is 0 Å². The molecule has 0 aliphatic rings. The number of rotatable bonds is 5. The molecule has 3 heteroatoms. The van der Waals surface area contributed by atoms with Crippen LogP contribution in [-0.4, -0.2) is 6.61 Å². The molecule has 1 nitrogen and oxygen atoms in total. The van der Waals surface area contributed by atoms with Crippen LogP contribution in [0.15, 0.2) is 18.2 Å². The van der Waals surface area contributed by atoms with Crippen LogP contribution in [0.1, 0.15) is 19.3 Å². The van der Waals surface area contributed by atoms with E-state index in [0.717, 1.165) is 19.3 Å². The van der Waals surface area contributed by atoms with E-state index in [1.165, 1.54) is 0 Å². The number of hydrogen-bond donors (Lipinski definition) is 0. The zero-order chi connectivity index (χ0) is 10.4. The van der Waals surface area contributed by atoms with Crippen molar-refractivity contribution in [2.75, 3.05) is 6.61 Å². The fraction of sp³-hybridized carbons (Fsp3) is 0.364.